The van der Waals surface area contributed by atoms with Crippen molar-refractivity contribution in [2.45, 2.75) is 53.1 Å². The third kappa shape index (κ3) is 8.52. The number of rotatable bonds is 11. The maximum absolute atomic E-state index is 12.5. The highest BCUT2D eigenvalue weighted by atomic mass is 16.5. The molecule has 0 aromatic heterocycles. The van der Waals surface area contributed by atoms with Crippen LogP contribution in [0.25, 0.3) is 0 Å². The number of amides is 2. The monoisotopic (exact) mass is 388 g/mol. The molecule has 0 aliphatic rings. The molecule has 27 heavy (non-hydrogen) atoms. The molecule has 10 heteroatoms. The fourth-order valence-electron chi connectivity index (χ4n) is 2.32. The Morgan fingerprint density at radius 3 is 1.89 bits per heavy atom. The van der Waals surface area contributed by atoms with Gasteiger partial charge in [0.2, 0.25) is 11.8 Å². The van der Waals surface area contributed by atoms with E-state index in [9.17, 15) is 29.1 Å². The van der Waals surface area contributed by atoms with E-state index in [0.29, 0.717) is 0 Å². The van der Waals surface area contributed by atoms with Crippen LogP contribution in [0.4, 0.5) is 0 Å². The van der Waals surface area contributed by atoms with Crippen LogP contribution >= 0.6 is 0 Å². The van der Waals surface area contributed by atoms with Crippen molar-refractivity contribution in [2.24, 2.45) is 11.8 Å². The average molecular weight is 388 g/mol. The van der Waals surface area contributed by atoms with E-state index in [1.165, 1.54) is 13.8 Å². The lowest BCUT2D eigenvalue weighted by Crippen LogP contribution is -2.56. The Bertz CT molecular complexity index is 561. The standard InChI is InChI=1S/C17H28N2O8/c1-6-26-12(21)8-11(17(25)27-7-2)14(16(23)24)19-15(22)13(9(3)4)18-10(5)20/h9,11,13-14H,6-8H2,1-5H3,(H,18,20)(H,19,22)(H,23,24)/t11-,13-,14-/m1/s1. The molecule has 3 N–H and O–H groups in total. The van der Waals surface area contributed by atoms with Gasteiger partial charge in [-0.05, 0) is 19.8 Å². The smallest absolute Gasteiger partial charge is 0.327 e. The lowest BCUT2D eigenvalue weighted by molar-refractivity contribution is -0.160. The van der Waals surface area contributed by atoms with Gasteiger partial charge in [-0.2, -0.15) is 0 Å². The van der Waals surface area contributed by atoms with E-state index >= 15 is 0 Å². The Morgan fingerprint density at radius 2 is 1.48 bits per heavy atom. The highest BCUT2D eigenvalue weighted by Gasteiger charge is 2.39. The lowest BCUT2D eigenvalue weighted by atomic mass is 9.94. The molecule has 2 amide bonds. The second-order valence-corrected chi connectivity index (χ2v) is 6.11. The SMILES string of the molecule is CCOC(=O)C[C@@H](C(=O)OCC)[C@@H](NC(=O)[C@H](NC(C)=O)C(C)C)C(=O)O. The van der Waals surface area contributed by atoms with Crippen LogP contribution in [0, 0.1) is 11.8 Å². The summed E-state index contributed by atoms with van der Waals surface area (Å²) in [4.78, 5) is 59.4. The maximum atomic E-state index is 12.5. The molecule has 3 atom stereocenters. The third-order valence-electron chi connectivity index (χ3n) is 3.56. The predicted molar refractivity (Wildman–Crippen MR) is 93.4 cm³/mol. The molecule has 0 bridgehead atoms. The van der Waals surface area contributed by atoms with Gasteiger partial charge in [-0.25, -0.2) is 4.79 Å². The van der Waals surface area contributed by atoms with Gasteiger partial charge in [0.25, 0.3) is 0 Å². The number of hydrogen-bond donors (Lipinski definition) is 3. The zero-order valence-corrected chi connectivity index (χ0v) is 16.2. The van der Waals surface area contributed by atoms with Gasteiger partial charge in [0.1, 0.15) is 12.1 Å². The Kier molecular flexibility index (Phi) is 10.7. The van der Waals surface area contributed by atoms with E-state index in [-0.39, 0.29) is 19.1 Å². The zero-order chi connectivity index (χ0) is 21.1. The van der Waals surface area contributed by atoms with Crippen molar-refractivity contribution in [1.29, 1.82) is 0 Å². The normalized spacial score (nSPS) is 13.9. The van der Waals surface area contributed by atoms with Gasteiger partial charge < -0.3 is 25.2 Å². The van der Waals surface area contributed by atoms with Crippen molar-refractivity contribution in [3.05, 3.63) is 0 Å². The van der Waals surface area contributed by atoms with E-state index in [2.05, 4.69) is 10.6 Å². The first-order valence-electron chi connectivity index (χ1n) is 8.67. The molecule has 0 rings (SSSR count). The Balaban J connectivity index is 5.58. The van der Waals surface area contributed by atoms with E-state index in [4.69, 9.17) is 9.47 Å². The summed E-state index contributed by atoms with van der Waals surface area (Å²) in [5, 5.41) is 14.1. The van der Waals surface area contributed by atoms with Gasteiger partial charge in [0.15, 0.2) is 0 Å². The van der Waals surface area contributed by atoms with Gasteiger partial charge in [-0.1, -0.05) is 13.8 Å². The maximum Gasteiger partial charge on any atom is 0.327 e. The van der Waals surface area contributed by atoms with Crippen LogP contribution in [0.5, 0.6) is 0 Å². The number of carbonyl (C=O) groups excluding carboxylic acids is 4. The predicted octanol–water partition coefficient (Wildman–Crippen LogP) is -0.151. The summed E-state index contributed by atoms with van der Waals surface area (Å²) in [7, 11) is 0. The fourth-order valence-corrected chi connectivity index (χ4v) is 2.32. The van der Waals surface area contributed by atoms with Crippen LogP contribution in [0.15, 0.2) is 0 Å². The van der Waals surface area contributed by atoms with Crippen LogP contribution < -0.4 is 10.6 Å². The number of carboxylic acid groups (broad SMARTS) is 1. The molecule has 0 saturated carbocycles. The van der Waals surface area contributed by atoms with Gasteiger partial charge in [-0.15, -0.1) is 0 Å². The largest absolute Gasteiger partial charge is 0.480 e. The van der Waals surface area contributed by atoms with Crippen molar-refractivity contribution < 1.29 is 38.6 Å². The summed E-state index contributed by atoms with van der Waals surface area (Å²) in [5.74, 6) is -6.33. The first-order valence-corrected chi connectivity index (χ1v) is 8.67. The van der Waals surface area contributed by atoms with Crippen LogP contribution in [-0.4, -0.2) is 60.1 Å². The molecule has 0 unspecified atom stereocenters. The molecule has 0 aromatic carbocycles. The van der Waals surface area contributed by atoms with Crippen LogP contribution in [-0.2, 0) is 33.4 Å². The number of nitrogens with one attached hydrogen (secondary N) is 2. The number of aliphatic carboxylic acids is 1. The summed E-state index contributed by atoms with van der Waals surface area (Å²) in [5.41, 5.74) is 0. The Hall–Kier alpha value is -2.65. The third-order valence-corrected chi connectivity index (χ3v) is 3.56. The summed E-state index contributed by atoms with van der Waals surface area (Å²) in [6, 6.07) is -2.73. The Labute approximate surface area is 158 Å². The molecule has 0 radical (unpaired) electrons. The first-order chi connectivity index (χ1) is 12.5. The highest BCUT2D eigenvalue weighted by molar-refractivity contribution is 5.93. The molecule has 0 spiro atoms. The van der Waals surface area contributed by atoms with Crippen LogP contribution in [0.3, 0.4) is 0 Å². The molecule has 0 heterocycles. The van der Waals surface area contributed by atoms with E-state index < -0.39 is 54.1 Å². The molecular weight excluding hydrogens is 360 g/mol. The number of esters is 2. The Morgan fingerprint density at radius 1 is 0.926 bits per heavy atom. The first kappa shape index (κ1) is 24.4. The topological polar surface area (TPSA) is 148 Å². The van der Waals surface area contributed by atoms with Gasteiger partial charge in [0.05, 0.1) is 25.6 Å². The lowest BCUT2D eigenvalue weighted by Gasteiger charge is -2.26. The molecular formula is C17H28N2O8. The molecule has 0 aromatic rings. The summed E-state index contributed by atoms with van der Waals surface area (Å²) in [6.45, 7) is 7.66. The van der Waals surface area contributed by atoms with E-state index in [1.807, 2.05) is 0 Å². The summed E-state index contributed by atoms with van der Waals surface area (Å²) < 4.78 is 9.60. The minimum atomic E-state index is -1.73. The van der Waals surface area contributed by atoms with Crippen LogP contribution in [0.2, 0.25) is 0 Å². The van der Waals surface area contributed by atoms with Crippen molar-refractivity contribution in [3.63, 3.8) is 0 Å². The number of carboxylic acids is 1. The van der Waals surface area contributed by atoms with Crippen molar-refractivity contribution in [2.75, 3.05) is 13.2 Å². The minimum absolute atomic E-state index is 0.0288. The summed E-state index contributed by atoms with van der Waals surface area (Å²) >= 11 is 0. The summed E-state index contributed by atoms with van der Waals surface area (Å²) in [6.07, 6.45) is -0.573. The number of ether oxygens (including phenoxy) is 2. The van der Waals surface area contributed by atoms with E-state index in [0.717, 1.165) is 0 Å². The average Bonchev–Trinajstić information content (AvgIpc) is 2.55. The zero-order valence-electron chi connectivity index (χ0n) is 16.2. The molecule has 0 aliphatic heterocycles. The molecule has 0 fully saturated rings. The molecule has 0 saturated heterocycles. The van der Waals surface area contributed by atoms with Gasteiger partial charge in [0, 0.05) is 6.92 Å². The van der Waals surface area contributed by atoms with Gasteiger partial charge in [-0.3, -0.25) is 19.2 Å². The van der Waals surface area contributed by atoms with Gasteiger partial charge >= 0.3 is 17.9 Å². The van der Waals surface area contributed by atoms with Crippen molar-refractivity contribution in [1.82, 2.24) is 10.6 Å². The van der Waals surface area contributed by atoms with E-state index in [1.54, 1.807) is 20.8 Å². The van der Waals surface area contributed by atoms with Crippen molar-refractivity contribution >= 4 is 29.7 Å². The minimum Gasteiger partial charge on any atom is -0.480 e. The number of hydrogen-bond acceptors (Lipinski definition) is 7. The van der Waals surface area contributed by atoms with Crippen LogP contribution in [0.1, 0.15) is 41.0 Å². The molecule has 154 valence electrons. The number of carbonyl (C=O) groups is 5. The quantitative estimate of drug-likeness (QED) is 0.414. The molecule has 10 nitrogen and oxygen atoms in total. The highest BCUT2D eigenvalue weighted by Crippen LogP contribution is 2.15. The second-order valence-electron chi connectivity index (χ2n) is 6.11. The molecule has 0 aliphatic carbocycles. The van der Waals surface area contributed by atoms with Crippen molar-refractivity contribution in [3.8, 4) is 0 Å². The second kappa shape index (κ2) is 11.9. The fraction of sp³-hybridized carbons (Fsp3) is 0.706.